The van der Waals surface area contributed by atoms with Gasteiger partial charge in [-0.25, -0.2) is 0 Å². The summed E-state index contributed by atoms with van der Waals surface area (Å²) in [5, 5.41) is 12.9. The lowest BCUT2D eigenvalue weighted by Gasteiger charge is -2.24. The fourth-order valence-corrected chi connectivity index (χ4v) is 3.11. The molecule has 2 heterocycles. The standard InChI is InChI=1S/C17H19N3O5/c1-10-18-16(25-19-10)13-5-3-4-6-14(13)17(23)20-9-12(24-2)7-11(20)8-15(21)22/h3-6,11-12H,7-9H2,1-2H3,(H,21,22). The van der Waals surface area contributed by atoms with Gasteiger partial charge >= 0.3 is 5.97 Å². The fourth-order valence-electron chi connectivity index (χ4n) is 3.11. The normalized spacial score (nSPS) is 20.0. The quantitative estimate of drug-likeness (QED) is 0.880. The van der Waals surface area contributed by atoms with Crippen molar-refractivity contribution < 1.29 is 24.0 Å². The molecule has 1 N–H and O–H groups in total. The van der Waals surface area contributed by atoms with Gasteiger partial charge in [0.2, 0.25) is 0 Å². The molecule has 132 valence electrons. The summed E-state index contributed by atoms with van der Waals surface area (Å²) in [6, 6.07) is 6.52. The number of aryl methyl sites for hydroxylation is 1. The molecule has 0 bridgehead atoms. The first-order valence-electron chi connectivity index (χ1n) is 7.95. The predicted octanol–water partition coefficient (Wildman–Crippen LogP) is 1.75. The van der Waals surface area contributed by atoms with Crippen molar-refractivity contribution in [2.24, 2.45) is 0 Å². The summed E-state index contributed by atoms with van der Waals surface area (Å²) in [6.45, 7) is 2.05. The SMILES string of the molecule is COC1CC(CC(=O)O)N(C(=O)c2ccccc2-c2nc(C)no2)C1. The Kier molecular flexibility index (Phi) is 4.80. The molecule has 1 aliphatic heterocycles. The van der Waals surface area contributed by atoms with Crippen LogP contribution in [0.4, 0.5) is 0 Å². The number of ether oxygens (including phenoxy) is 1. The highest BCUT2D eigenvalue weighted by Crippen LogP contribution is 2.28. The minimum Gasteiger partial charge on any atom is -0.481 e. The lowest BCUT2D eigenvalue weighted by Crippen LogP contribution is -2.37. The number of hydrogen-bond donors (Lipinski definition) is 1. The van der Waals surface area contributed by atoms with Crippen molar-refractivity contribution in [2.75, 3.05) is 13.7 Å². The molecule has 8 nitrogen and oxygen atoms in total. The molecule has 1 amide bonds. The van der Waals surface area contributed by atoms with E-state index in [1.54, 1.807) is 43.2 Å². The van der Waals surface area contributed by atoms with Crippen LogP contribution in [0.5, 0.6) is 0 Å². The molecular weight excluding hydrogens is 326 g/mol. The van der Waals surface area contributed by atoms with Crippen molar-refractivity contribution >= 4 is 11.9 Å². The Hall–Kier alpha value is -2.74. The summed E-state index contributed by atoms with van der Waals surface area (Å²) in [5.74, 6) is -0.474. The molecule has 2 unspecified atom stereocenters. The molecule has 3 rings (SSSR count). The number of carboxylic acid groups (broad SMARTS) is 1. The average molecular weight is 345 g/mol. The summed E-state index contributed by atoms with van der Waals surface area (Å²) in [7, 11) is 1.56. The number of carboxylic acids is 1. The molecule has 0 saturated carbocycles. The van der Waals surface area contributed by atoms with E-state index in [1.807, 2.05) is 0 Å². The van der Waals surface area contributed by atoms with Gasteiger partial charge in [0.15, 0.2) is 5.82 Å². The van der Waals surface area contributed by atoms with Crippen molar-refractivity contribution in [3.8, 4) is 11.5 Å². The van der Waals surface area contributed by atoms with E-state index >= 15 is 0 Å². The number of benzene rings is 1. The van der Waals surface area contributed by atoms with Crippen LogP contribution in [-0.4, -0.2) is 57.8 Å². The van der Waals surface area contributed by atoms with E-state index in [2.05, 4.69) is 10.1 Å². The fraction of sp³-hybridized carbons (Fsp3) is 0.412. The Morgan fingerprint density at radius 3 is 2.80 bits per heavy atom. The highest BCUT2D eigenvalue weighted by Gasteiger charge is 2.37. The second-order valence-corrected chi connectivity index (χ2v) is 5.99. The van der Waals surface area contributed by atoms with Crippen molar-refractivity contribution in [1.82, 2.24) is 15.0 Å². The van der Waals surface area contributed by atoms with Crippen LogP contribution >= 0.6 is 0 Å². The number of carbonyl (C=O) groups is 2. The zero-order chi connectivity index (χ0) is 18.0. The second kappa shape index (κ2) is 7.02. The maximum atomic E-state index is 13.1. The Morgan fingerprint density at radius 1 is 1.40 bits per heavy atom. The Bertz CT molecular complexity index is 788. The van der Waals surface area contributed by atoms with E-state index in [-0.39, 0.29) is 24.3 Å². The van der Waals surface area contributed by atoms with Crippen molar-refractivity contribution in [3.63, 3.8) is 0 Å². The molecule has 1 aromatic heterocycles. The third-order valence-corrected chi connectivity index (χ3v) is 4.30. The number of likely N-dealkylation sites (tertiary alicyclic amines) is 1. The molecule has 0 spiro atoms. The molecule has 2 atom stereocenters. The summed E-state index contributed by atoms with van der Waals surface area (Å²) >= 11 is 0. The molecule has 0 aliphatic carbocycles. The van der Waals surface area contributed by atoms with Crippen LogP contribution in [0, 0.1) is 6.92 Å². The second-order valence-electron chi connectivity index (χ2n) is 5.99. The number of aliphatic carboxylic acids is 1. The Balaban J connectivity index is 1.93. The van der Waals surface area contributed by atoms with Crippen LogP contribution in [0.25, 0.3) is 11.5 Å². The monoisotopic (exact) mass is 345 g/mol. The van der Waals surface area contributed by atoms with Gasteiger partial charge in [-0.15, -0.1) is 0 Å². The average Bonchev–Trinajstić information content (AvgIpc) is 3.20. The highest BCUT2D eigenvalue weighted by molar-refractivity contribution is 6.00. The number of carbonyl (C=O) groups excluding carboxylic acids is 1. The van der Waals surface area contributed by atoms with Crippen LogP contribution < -0.4 is 0 Å². The maximum Gasteiger partial charge on any atom is 0.305 e. The van der Waals surface area contributed by atoms with Crippen LogP contribution in [0.1, 0.15) is 29.0 Å². The van der Waals surface area contributed by atoms with E-state index in [4.69, 9.17) is 14.4 Å². The van der Waals surface area contributed by atoms with Crippen LogP contribution in [0.15, 0.2) is 28.8 Å². The largest absolute Gasteiger partial charge is 0.481 e. The minimum atomic E-state index is -0.944. The summed E-state index contributed by atoms with van der Waals surface area (Å²) < 4.78 is 10.5. The van der Waals surface area contributed by atoms with E-state index in [0.29, 0.717) is 29.9 Å². The van der Waals surface area contributed by atoms with Crippen LogP contribution in [-0.2, 0) is 9.53 Å². The predicted molar refractivity (Wildman–Crippen MR) is 87.0 cm³/mol. The van der Waals surface area contributed by atoms with Crippen LogP contribution in [0.3, 0.4) is 0 Å². The van der Waals surface area contributed by atoms with Gasteiger partial charge in [-0.05, 0) is 25.5 Å². The smallest absolute Gasteiger partial charge is 0.305 e. The van der Waals surface area contributed by atoms with E-state index in [1.165, 1.54) is 0 Å². The number of amides is 1. The van der Waals surface area contributed by atoms with E-state index < -0.39 is 12.0 Å². The zero-order valence-electron chi connectivity index (χ0n) is 14.0. The number of nitrogens with zero attached hydrogens (tertiary/aromatic N) is 3. The number of methoxy groups -OCH3 is 1. The molecule has 8 heteroatoms. The first-order valence-corrected chi connectivity index (χ1v) is 7.95. The summed E-state index contributed by atoms with van der Waals surface area (Å²) in [5.41, 5.74) is 0.932. The van der Waals surface area contributed by atoms with Crippen molar-refractivity contribution in [3.05, 3.63) is 35.7 Å². The summed E-state index contributed by atoms with van der Waals surface area (Å²) in [6.07, 6.45) is 0.204. The molecule has 1 aliphatic rings. The lowest BCUT2D eigenvalue weighted by atomic mass is 10.0. The van der Waals surface area contributed by atoms with Crippen molar-refractivity contribution in [1.29, 1.82) is 0 Å². The minimum absolute atomic E-state index is 0.118. The number of rotatable bonds is 5. The Labute approximate surface area is 144 Å². The van der Waals surface area contributed by atoms with Crippen molar-refractivity contribution in [2.45, 2.75) is 31.9 Å². The molecule has 25 heavy (non-hydrogen) atoms. The highest BCUT2D eigenvalue weighted by atomic mass is 16.5. The zero-order valence-corrected chi connectivity index (χ0v) is 14.0. The molecule has 1 aromatic carbocycles. The first-order chi connectivity index (χ1) is 12.0. The maximum absolute atomic E-state index is 13.1. The van der Waals surface area contributed by atoms with Gasteiger partial charge in [-0.3, -0.25) is 9.59 Å². The van der Waals surface area contributed by atoms with E-state index in [0.717, 1.165) is 0 Å². The topological polar surface area (TPSA) is 106 Å². The van der Waals surface area contributed by atoms with Gasteiger partial charge in [0.05, 0.1) is 23.7 Å². The first kappa shape index (κ1) is 17.1. The molecule has 2 aromatic rings. The molecule has 1 fully saturated rings. The number of aromatic nitrogens is 2. The summed E-state index contributed by atoms with van der Waals surface area (Å²) in [4.78, 5) is 30.0. The van der Waals surface area contributed by atoms with Crippen LogP contribution in [0.2, 0.25) is 0 Å². The van der Waals surface area contributed by atoms with E-state index in [9.17, 15) is 9.59 Å². The molecular formula is C17H19N3O5. The van der Waals surface area contributed by atoms with Gasteiger partial charge in [-0.2, -0.15) is 4.98 Å². The third kappa shape index (κ3) is 3.53. The van der Waals surface area contributed by atoms with Gasteiger partial charge < -0.3 is 19.3 Å². The molecule has 1 saturated heterocycles. The number of hydrogen-bond acceptors (Lipinski definition) is 6. The third-order valence-electron chi connectivity index (χ3n) is 4.30. The van der Waals surface area contributed by atoms with Gasteiger partial charge in [0, 0.05) is 19.7 Å². The lowest BCUT2D eigenvalue weighted by molar-refractivity contribution is -0.137. The molecule has 0 radical (unpaired) electrons. The van der Waals surface area contributed by atoms with Gasteiger partial charge in [0.1, 0.15) is 0 Å². The Morgan fingerprint density at radius 2 is 2.16 bits per heavy atom. The van der Waals surface area contributed by atoms with Gasteiger partial charge in [0.25, 0.3) is 11.8 Å². The van der Waals surface area contributed by atoms with Gasteiger partial charge in [-0.1, -0.05) is 17.3 Å².